The lowest BCUT2D eigenvalue weighted by molar-refractivity contribution is -0.137. The Kier molecular flexibility index (Phi) is 6.01. The maximum Gasteiger partial charge on any atom is 0.416 e. The highest BCUT2D eigenvalue weighted by atomic mass is 19.4. The van der Waals surface area contributed by atoms with Crippen molar-refractivity contribution in [3.63, 3.8) is 0 Å². The van der Waals surface area contributed by atoms with Crippen LogP contribution in [-0.4, -0.2) is 23.3 Å². The monoisotopic (exact) mass is 487 g/mol. The van der Waals surface area contributed by atoms with E-state index in [0.717, 1.165) is 23.0 Å². The van der Waals surface area contributed by atoms with Crippen LogP contribution in [0.2, 0.25) is 0 Å². The van der Waals surface area contributed by atoms with Crippen molar-refractivity contribution in [3.05, 3.63) is 108 Å². The third-order valence-electron chi connectivity index (χ3n) is 6.01. The second-order valence-electron chi connectivity index (χ2n) is 8.37. The van der Waals surface area contributed by atoms with Crippen LogP contribution in [-0.2, 0) is 11.0 Å². The number of anilines is 2. The zero-order valence-electron chi connectivity index (χ0n) is 18.9. The molecule has 0 fully saturated rings. The standard InChI is InChI=1S/C28H20F3N3O2/c29-28(30,31)21-9-11-23-20(12-14-34(25(23)16-21)27(36)19-5-2-1-3-6-19)15-26(35)33-22-10-8-18-7-4-13-32-24(18)17-22/h1-11,13,15-17H,12,14H2,(H,33,35)/b20-15+. The largest absolute Gasteiger partial charge is 0.416 e. The lowest BCUT2D eigenvalue weighted by Crippen LogP contribution is -2.35. The van der Waals surface area contributed by atoms with Gasteiger partial charge in [0.25, 0.3) is 5.91 Å². The summed E-state index contributed by atoms with van der Waals surface area (Å²) < 4.78 is 40.4. The van der Waals surface area contributed by atoms with Crippen molar-refractivity contribution >= 4 is 39.7 Å². The molecule has 5 nitrogen and oxygen atoms in total. The Morgan fingerprint density at radius 1 is 0.944 bits per heavy atom. The molecule has 1 N–H and O–H groups in total. The quantitative estimate of drug-likeness (QED) is 0.344. The third-order valence-corrected chi connectivity index (χ3v) is 6.01. The summed E-state index contributed by atoms with van der Waals surface area (Å²) in [4.78, 5) is 31.6. The van der Waals surface area contributed by atoms with Gasteiger partial charge in [0.15, 0.2) is 0 Å². The summed E-state index contributed by atoms with van der Waals surface area (Å²) in [5.41, 5.74) is 1.87. The van der Waals surface area contributed by atoms with E-state index in [4.69, 9.17) is 0 Å². The Morgan fingerprint density at radius 2 is 1.75 bits per heavy atom. The Balaban J connectivity index is 1.48. The zero-order valence-corrected chi connectivity index (χ0v) is 18.9. The van der Waals surface area contributed by atoms with Crippen molar-refractivity contribution in [2.24, 2.45) is 0 Å². The molecule has 3 aromatic carbocycles. The number of nitrogens with zero attached hydrogens (tertiary/aromatic N) is 2. The van der Waals surface area contributed by atoms with Gasteiger partial charge in [0.2, 0.25) is 5.91 Å². The normalized spacial score (nSPS) is 14.5. The minimum Gasteiger partial charge on any atom is -0.322 e. The number of benzene rings is 3. The van der Waals surface area contributed by atoms with E-state index in [0.29, 0.717) is 28.8 Å². The maximum atomic E-state index is 13.5. The number of amides is 2. The Hall–Kier alpha value is -4.46. The van der Waals surface area contributed by atoms with Gasteiger partial charge in [0.1, 0.15) is 0 Å². The summed E-state index contributed by atoms with van der Waals surface area (Å²) in [5, 5.41) is 3.72. The van der Waals surface area contributed by atoms with Crippen LogP contribution >= 0.6 is 0 Å². The van der Waals surface area contributed by atoms with Crippen molar-refractivity contribution in [1.82, 2.24) is 4.98 Å². The van der Waals surface area contributed by atoms with Gasteiger partial charge in [-0.2, -0.15) is 13.2 Å². The molecule has 0 saturated carbocycles. The van der Waals surface area contributed by atoms with Crippen molar-refractivity contribution < 1.29 is 22.8 Å². The molecule has 1 aromatic heterocycles. The van der Waals surface area contributed by atoms with Crippen LogP contribution in [0.5, 0.6) is 0 Å². The number of halogens is 3. The summed E-state index contributed by atoms with van der Waals surface area (Å²) in [5.74, 6) is -0.822. The van der Waals surface area contributed by atoms with E-state index in [1.54, 1.807) is 48.7 Å². The first kappa shape index (κ1) is 23.3. The average molecular weight is 487 g/mol. The van der Waals surface area contributed by atoms with E-state index in [1.165, 1.54) is 17.0 Å². The number of pyridine rings is 1. The molecule has 0 unspecified atom stereocenters. The van der Waals surface area contributed by atoms with E-state index < -0.39 is 23.6 Å². The molecule has 5 rings (SSSR count). The lowest BCUT2D eigenvalue weighted by atomic mass is 9.93. The Morgan fingerprint density at radius 3 is 2.53 bits per heavy atom. The first-order chi connectivity index (χ1) is 17.3. The molecule has 0 spiro atoms. The number of carbonyl (C=O) groups excluding carboxylic acids is 2. The van der Waals surface area contributed by atoms with Crippen LogP contribution in [0.4, 0.5) is 24.5 Å². The van der Waals surface area contributed by atoms with Crippen LogP contribution in [0.3, 0.4) is 0 Å². The number of carbonyl (C=O) groups is 2. The number of alkyl halides is 3. The smallest absolute Gasteiger partial charge is 0.322 e. The number of nitrogens with one attached hydrogen (secondary N) is 1. The molecular formula is C28H20F3N3O2. The van der Waals surface area contributed by atoms with E-state index in [-0.39, 0.29) is 12.2 Å². The topological polar surface area (TPSA) is 62.3 Å². The highest BCUT2D eigenvalue weighted by molar-refractivity contribution is 6.11. The average Bonchev–Trinajstić information content (AvgIpc) is 2.88. The van der Waals surface area contributed by atoms with Crippen LogP contribution in [0, 0.1) is 0 Å². The molecule has 0 bridgehead atoms. The molecule has 4 aromatic rings. The fourth-order valence-electron chi connectivity index (χ4n) is 4.27. The van der Waals surface area contributed by atoms with Gasteiger partial charge in [-0.3, -0.25) is 14.6 Å². The maximum absolute atomic E-state index is 13.5. The predicted molar refractivity (Wildman–Crippen MR) is 133 cm³/mol. The van der Waals surface area contributed by atoms with E-state index >= 15 is 0 Å². The number of fused-ring (bicyclic) bond motifs is 2. The minimum absolute atomic E-state index is 0.124. The van der Waals surface area contributed by atoms with E-state index in [1.807, 2.05) is 18.2 Å². The van der Waals surface area contributed by atoms with Crippen LogP contribution in [0.1, 0.15) is 27.9 Å². The number of hydrogen-bond acceptors (Lipinski definition) is 3. The van der Waals surface area contributed by atoms with Gasteiger partial charge in [-0.05, 0) is 54.5 Å². The molecule has 1 aliphatic heterocycles. The molecule has 0 saturated heterocycles. The fourth-order valence-corrected chi connectivity index (χ4v) is 4.27. The molecule has 0 atom stereocenters. The Labute approximate surface area is 204 Å². The highest BCUT2D eigenvalue weighted by Gasteiger charge is 2.34. The van der Waals surface area contributed by atoms with Gasteiger partial charge in [-0.25, -0.2) is 0 Å². The molecule has 1 aliphatic rings. The predicted octanol–water partition coefficient (Wildman–Crippen LogP) is 6.33. The first-order valence-electron chi connectivity index (χ1n) is 11.2. The third kappa shape index (κ3) is 4.70. The summed E-state index contributed by atoms with van der Waals surface area (Å²) in [6.07, 6.45) is -1.23. The molecular weight excluding hydrogens is 467 g/mol. The SMILES string of the molecule is O=C(/C=C1\CCN(C(=O)c2ccccc2)c2cc(C(F)(F)F)ccc21)Nc1ccc2cccnc2c1. The number of rotatable bonds is 3. The molecule has 180 valence electrons. The molecule has 0 radical (unpaired) electrons. The van der Waals surface area contributed by atoms with Crippen molar-refractivity contribution in [2.45, 2.75) is 12.6 Å². The highest BCUT2D eigenvalue weighted by Crippen LogP contribution is 2.40. The first-order valence-corrected chi connectivity index (χ1v) is 11.2. The summed E-state index contributed by atoms with van der Waals surface area (Å²) in [7, 11) is 0. The van der Waals surface area contributed by atoms with Gasteiger partial charge in [0.05, 0.1) is 16.8 Å². The van der Waals surface area contributed by atoms with Gasteiger partial charge in [-0.1, -0.05) is 36.4 Å². The van der Waals surface area contributed by atoms with Crippen LogP contribution in [0.15, 0.2) is 91.1 Å². The van der Waals surface area contributed by atoms with Crippen LogP contribution < -0.4 is 10.2 Å². The summed E-state index contributed by atoms with van der Waals surface area (Å²) >= 11 is 0. The van der Waals surface area contributed by atoms with Crippen molar-refractivity contribution in [1.29, 1.82) is 0 Å². The van der Waals surface area contributed by atoms with E-state index in [9.17, 15) is 22.8 Å². The second kappa shape index (κ2) is 9.30. The number of hydrogen-bond donors (Lipinski definition) is 1. The molecule has 36 heavy (non-hydrogen) atoms. The minimum atomic E-state index is -4.57. The molecule has 8 heteroatoms. The fraction of sp³-hybridized carbons (Fsp3) is 0.107. The summed E-state index contributed by atoms with van der Waals surface area (Å²) in [6, 6.07) is 20.7. The van der Waals surface area contributed by atoms with Gasteiger partial charge < -0.3 is 10.2 Å². The van der Waals surface area contributed by atoms with Crippen molar-refractivity contribution in [2.75, 3.05) is 16.8 Å². The summed E-state index contributed by atoms with van der Waals surface area (Å²) in [6.45, 7) is 0.140. The lowest BCUT2D eigenvalue weighted by Gasteiger charge is -2.32. The number of aromatic nitrogens is 1. The zero-order chi connectivity index (χ0) is 25.3. The van der Waals surface area contributed by atoms with Gasteiger partial charge in [0, 0.05) is 41.0 Å². The van der Waals surface area contributed by atoms with Crippen LogP contribution in [0.25, 0.3) is 16.5 Å². The van der Waals surface area contributed by atoms with Gasteiger partial charge >= 0.3 is 6.18 Å². The molecule has 2 amide bonds. The Bertz CT molecular complexity index is 1500. The van der Waals surface area contributed by atoms with Crippen molar-refractivity contribution in [3.8, 4) is 0 Å². The molecule has 0 aliphatic carbocycles. The van der Waals surface area contributed by atoms with E-state index in [2.05, 4.69) is 10.3 Å². The van der Waals surface area contributed by atoms with Gasteiger partial charge in [-0.15, -0.1) is 0 Å². The second-order valence-corrected chi connectivity index (χ2v) is 8.37. The molecule has 2 heterocycles.